The van der Waals surface area contributed by atoms with Crippen molar-refractivity contribution >= 4 is 29.6 Å². The van der Waals surface area contributed by atoms with Gasteiger partial charge in [0.25, 0.3) is 0 Å². The van der Waals surface area contributed by atoms with Crippen LogP contribution in [0.5, 0.6) is 5.75 Å². The Morgan fingerprint density at radius 3 is 2.42 bits per heavy atom. The van der Waals surface area contributed by atoms with Crippen LogP contribution in [0.2, 0.25) is 0 Å². The number of aromatic hydroxyl groups is 1. The predicted octanol–water partition coefficient (Wildman–Crippen LogP) is 4.16. The number of nitrogens with zero attached hydrogens (tertiary/aromatic N) is 1. The van der Waals surface area contributed by atoms with Crippen molar-refractivity contribution in [1.82, 2.24) is 4.90 Å². The zero-order valence-electron chi connectivity index (χ0n) is 21.5. The Morgan fingerprint density at radius 2 is 1.79 bits per heavy atom. The molecule has 1 aliphatic heterocycles. The van der Waals surface area contributed by atoms with E-state index in [9.17, 15) is 29.7 Å². The summed E-state index contributed by atoms with van der Waals surface area (Å²) in [7, 11) is 1.10. The summed E-state index contributed by atoms with van der Waals surface area (Å²) in [5, 5.41) is 32.1. The summed E-state index contributed by atoms with van der Waals surface area (Å²) in [5.74, 6) is -3.66. The minimum atomic E-state index is -1.03. The Labute approximate surface area is 221 Å². The molecule has 0 unspecified atom stereocenters. The van der Waals surface area contributed by atoms with Gasteiger partial charge in [0, 0.05) is 11.5 Å². The van der Waals surface area contributed by atoms with E-state index in [4.69, 9.17) is 0 Å². The maximum atomic E-state index is 13.1. The zero-order chi connectivity index (χ0) is 27.4. The lowest BCUT2D eigenvalue weighted by atomic mass is 9.67. The van der Waals surface area contributed by atoms with Crippen LogP contribution in [0.25, 0.3) is 11.6 Å². The van der Waals surface area contributed by atoms with Crippen LogP contribution in [-0.2, 0) is 14.3 Å². The Morgan fingerprint density at radius 1 is 1.11 bits per heavy atom. The number of allylic oxidation sites excluding steroid dienone is 2. The van der Waals surface area contributed by atoms with Gasteiger partial charge in [-0.3, -0.25) is 9.59 Å². The van der Waals surface area contributed by atoms with Crippen molar-refractivity contribution in [3.63, 3.8) is 0 Å². The first-order valence-electron chi connectivity index (χ1n) is 12.8. The van der Waals surface area contributed by atoms with Gasteiger partial charge in [-0.15, -0.1) is 0 Å². The SMILES string of the molecule is CCC1=C([C@H](O)CC/C(=C/c2ccccc2O)c2ccccc2)[C@H](CO)[C@@H]2C(=O)N(C(=O)OC)C(=O)[C@@H]2C1. The first kappa shape index (κ1) is 27.3. The highest BCUT2D eigenvalue weighted by molar-refractivity contribution is 6.16. The third-order valence-electron chi connectivity index (χ3n) is 7.62. The van der Waals surface area contributed by atoms with Crippen molar-refractivity contribution in [1.29, 1.82) is 0 Å². The van der Waals surface area contributed by atoms with Crippen molar-refractivity contribution in [2.24, 2.45) is 17.8 Å². The fourth-order valence-corrected chi connectivity index (χ4v) is 5.77. The van der Waals surface area contributed by atoms with Crippen LogP contribution in [0.3, 0.4) is 0 Å². The third kappa shape index (κ3) is 5.14. The van der Waals surface area contributed by atoms with Crippen LogP contribution in [0.1, 0.15) is 43.7 Å². The largest absolute Gasteiger partial charge is 0.507 e. The Balaban J connectivity index is 1.63. The highest BCUT2D eigenvalue weighted by Gasteiger charge is 2.56. The second-order valence-electron chi connectivity index (χ2n) is 9.67. The molecule has 1 aliphatic carbocycles. The molecular formula is C30H33NO7. The number of carbonyl (C=O) groups excluding carboxylic acids is 3. The molecule has 1 heterocycles. The monoisotopic (exact) mass is 519 g/mol. The lowest BCUT2D eigenvalue weighted by Gasteiger charge is -2.36. The summed E-state index contributed by atoms with van der Waals surface area (Å²) in [6, 6.07) is 16.7. The summed E-state index contributed by atoms with van der Waals surface area (Å²) in [5.41, 5.74) is 3.89. The molecule has 8 nitrogen and oxygen atoms in total. The molecule has 8 heteroatoms. The Hall–Kier alpha value is -3.75. The Bertz CT molecular complexity index is 1270. The summed E-state index contributed by atoms with van der Waals surface area (Å²) < 4.78 is 4.64. The van der Waals surface area contributed by atoms with Gasteiger partial charge in [0.2, 0.25) is 11.8 Å². The number of likely N-dealkylation sites (tertiary alicyclic amines) is 1. The Kier molecular flexibility index (Phi) is 8.44. The van der Waals surface area contributed by atoms with E-state index in [0.717, 1.165) is 23.8 Å². The predicted molar refractivity (Wildman–Crippen MR) is 141 cm³/mol. The minimum Gasteiger partial charge on any atom is -0.507 e. The highest BCUT2D eigenvalue weighted by Crippen LogP contribution is 2.47. The van der Waals surface area contributed by atoms with Gasteiger partial charge in [0.1, 0.15) is 5.75 Å². The molecule has 2 aromatic carbocycles. The van der Waals surface area contributed by atoms with Crippen LogP contribution in [0, 0.1) is 17.8 Å². The molecule has 0 saturated carbocycles. The highest BCUT2D eigenvalue weighted by atomic mass is 16.5. The molecule has 0 aromatic heterocycles. The number of ether oxygens (including phenoxy) is 1. The van der Waals surface area contributed by atoms with Gasteiger partial charge in [0.05, 0.1) is 31.7 Å². The molecule has 2 aliphatic rings. The van der Waals surface area contributed by atoms with Gasteiger partial charge in [-0.2, -0.15) is 4.90 Å². The molecule has 0 radical (unpaired) electrons. The number of para-hydroxylation sites is 1. The van der Waals surface area contributed by atoms with Gasteiger partial charge in [-0.05, 0) is 54.5 Å². The molecule has 2 aromatic rings. The summed E-state index contributed by atoms with van der Waals surface area (Å²) >= 11 is 0. The number of amides is 3. The van der Waals surface area contributed by atoms with Crippen LogP contribution in [0.4, 0.5) is 4.79 Å². The average Bonchev–Trinajstić information content (AvgIpc) is 3.19. The van der Waals surface area contributed by atoms with E-state index in [-0.39, 0.29) is 12.2 Å². The number of phenolic OH excluding ortho intramolecular Hbond substituents is 1. The fraction of sp³-hybridized carbons (Fsp3) is 0.367. The van der Waals surface area contributed by atoms with Gasteiger partial charge < -0.3 is 20.1 Å². The van der Waals surface area contributed by atoms with E-state index in [1.165, 1.54) is 0 Å². The molecule has 3 amide bonds. The molecule has 4 atom stereocenters. The first-order valence-corrected chi connectivity index (χ1v) is 12.8. The number of phenols is 1. The number of hydrogen-bond donors (Lipinski definition) is 3. The second-order valence-corrected chi connectivity index (χ2v) is 9.67. The van der Waals surface area contributed by atoms with Crippen LogP contribution >= 0.6 is 0 Å². The quantitative estimate of drug-likeness (QED) is 0.272. The van der Waals surface area contributed by atoms with Crippen LogP contribution < -0.4 is 0 Å². The van der Waals surface area contributed by atoms with Crippen molar-refractivity contribution in [2.75, 3.05) is 13.7 Å². The smallest absolute Gasteiger partial charge is 0.423 e. The number of aliphatic hydroxyl groups is 2. The fourth-order valence-electron chi connectivity index (χ4n) is 5.77. The maximum Gasteiger partial charge on any atom is 0.423 e. The van der Waals surface area contributed by atoms with Crippen molar-refractivity contribution in [3.05, 3.63) is 76.9 Å². The molecule has 200 valence electrons. The van der Waals surface area contributed by atoms with E-state index in [2.05, 4.69) is 4.74 Å². The summed E-state index contributed by atoms with van der Waals surface area (Å²) in [6.45, 7) is 1.47. The maximum absolute atomic E-state index is 13.1. The number of carbonyl (C=O) groups is 3. The standard InChI is InChI=1S/C30H33NO7/c1-3-18-16-22-27(29(36)31(28(22)35)30(37)38-2)23(17-32)26(18)25(34)14-13-20(19-9-5-4-6-10-19)15-21-11-7-8-12-24(21)33/h4-12,15,22-23,25,27,32-34H,3,13-14,16-17H2,1-2H3/b20-15-/t22-,23+,25-,27-/m1/s1. The molecule has 4 rings (SSSR count). The van der Waals surface area contributed by atoms with Crippen LogP contribution in [-0.4, -0.2) is 57.9 Å². The average molecular weight is 520 g/mol. The lowest BCUT2D eigenvalue weighted by molar-refractivity contribution is -0.137. The molecule has 0 spiro atoms. The summed E-state index contributed by atoms with van der Waals surface area (Å²) in [4.78, 5) is 38.7. The minimum absolute atomic E-state index is 0.149. The second kappa shape index (κ2) is 11.8. The van der Waals surface area contributed by atoms with E-state index in [1.54, 1.807) is 12.1 Å². The number of methoxy groups -OCH3 is 1. The van der Waals surface area contributed by atoms with Gasteiger partial charge in [0.15, 0.2) is 0 Å². The number of aliphatic hydroxyl groups excluding tert-OH is 2. The van der Waals surface area contributed by atoms with E-state index in [1.807, 2.05) is 55.5 Å². The van der Waals surface area contributed by atoms with Crippen molar-refractivity contribution in [3.8, 4) is 5.75 Å². The van der Waals surface area contributed by atoms with Crippen LogP contribution in [0.15, 0.2) is 65.7 Å². The zero-order valence-corrected chi connectivity index (χ0v) is 21.5. The lowest BCUT2D eigenvalue weighted by Crippen LogP contribution is -2.40. The van der Waals surface area contributed by atoms with E-state index < -0.39 is 48.4 Å². The van der Waals surface area contributed by atoms with Gasteiger partial charge in [-0.25, -0.2) is 4.79 Å². The molecule has 38 heavy (non-hydrogen) atoms. The van der Waals surface area contributed by atoms with Gasteiger partial charge >= 0.3 is 6.09 Å². The van der Waals surface area contributed by atoms with Gasteiger partial charge in [-0.1, -0.05) is 61.0 Å². The summed E-state index contributed by atoms with van der Waals surface area (Å²) in [6.07, 6.45) is 1.40. The van der Waals surface area contributed by atoms with E-state index in [0.29, 0.717) is 35.3 Å². The number of rotatable bonds is 8. The molecule has 1 fully saturated rings. The molecule has 0 bridgehead atoms. The number of hydrogen-bond acceptors (Lipinski definition) is 7. The normalized spacial score (nSPS) is 22.5. The molecule has 1 saturated heterocycles. The molecular weight excluding hydrogens is 486 g/mol. The number of imide groups is 3. The molecule has 3 N–H and O–H groups in total. The number of fused-ring (bicyclic) bond motifs is 1. The third-order valence-corrected chi connectivity index (χ3v) is 7.62. The van der Waals surface area contributed by atoms with Crippen molar-refractivity contribution < 1.29 is 34.4 Å². The topological polar surface area (TPSA) is 124 Å². The van der Waals surface area contributed by atoms with E-state index >= 15 is 0 Å². The number of benzene rings is 2. The van der Waals surface area contributed by atoms with Crippen molar-refractivity contribution in [2.45, 2.75) is 38.7 Å². The first-order chi connectivity index (χ1) is 18.3.